The van der Waals surface area contributed by atoms with Crippen LogP contribution in [0.1, 0.15) is 28.3 Å². The van der Waals surface area contributed by atoms with Gasteiger partial charge < -0.3 is 19.0 Å². The van der Waals surface area contributed by atoms with Gasteiger partial charge in [0.1, 0.15) is 18.1 Å². The highest BCUT2D eigenvalue weighted by molar-refractivity contribution is 5.86. The normalized spacial score (nSPS) is 10.2. The van der Waals surface area contributed by atoms with E-state index in [9.17, 15) is 9.59 Å². The Morgan fingerprint density at radius 3 is 2.68 bits per heavy atom. The molecule has 2 aromatic rings. The minimum Gasteiger partial charge on any atom is -0.485 e. The number of benzene rings is 1. The monoisotopic (exact) mass is 304 g/mol. The highest BCUT2D eigenvalue weighted by atomic mass is 16.5. The standard InChI is InChI=1S/C16H16O6/c1-20-16(19)14-8-7-12(22-14)10-21-13-5-3-2-4-11(13)6-9-15(17)18/h2-5,7-8H,6,9-10H2,1H3,(H,17,18). The summed E-state index contributed by atoms with van der Waals surface area (Å²) in [6.07, 6.45) is 0.421. The first kappa shape index (κ1) is 15.6. The van der Waals surface area contributed by atoms with Gasteiger partial charge in [0.05, 0.1) is 7.11 Å². The molecule has 0 atom stereocenters. The van der Waals surface area contributed by atoms with E-state index in [-0.39, 0.29) is 18.8 Å². The number of furan rings is 1. The maximum Gasteiger partial charge on any atom is 0.373 e. The van der Waals surface area contributed by atoms with Crippen molar-refractivity contribution in [3.8, 4) is 5.75 Å². The number of esters is 1. The molecule has 0 fully saturated rings. The van der Waals surface area contributed by atoms with E-state index in [1.165, 1.54) is 13.2 Å². The van der Waals surface area contributed by atoms with E-state index in [4.69, 9.17) is 14.3 Å². The number of carboxylic acid groups (broad SMARTS) is 1. The Bertz CT molecular complexity index is 658. The van der Waals surface area contributed by atoms with Gasteiger partial charge in [-0.15, -0.1) is 0 Å². The summed E-state index contributed by atoms with van der Waals surface area (Å²) in [5.74, 6) is -0.217. The zero-order chi connectivity index (χ0) is 15.9. The molecular formula is C16H16O6. The number of hydrogen-bond acceptors (Lipinski definition) is 5. The fraction of sp³-hybridized carbons (Fsp3) is 0.250. The van der Waals surface area contributed by atoms with Gasteiger partial charge >= 0.3 is 11.9 Å². The third-order valence-electron chi connectivity index (χ3n) is 3.00. The Morgan fingerprint density at radius 2 is 1.95 bits per heavy atom. The van der Waals surface area contributed by atoms with Crippen molar-refractivity contribution in [2.75, 3.05) is 7.11 Å². The number of rotatable bonds is 7. The first-order chi connectivity index (χ1) is 10.6. The predicted molar refractivity (Wildman–Crippen MR) is 76.8 cm³/mol. The molecule has 0 spiro atoms. The molecule has 0 unspecified atom stereocenters. The lowest BCUT2D eigenvalue weighted by molar-refractivity contribution is -0.136. The van der Waals surface area contributed by atoms with E-state index in [1.807, 2.05) is 18.2 Å². The smallest absolute Gasteiger partial charge is 0.373 e. The van der Waals surface area contributed by atoms with Crippen LogP contribution >= 0.6 is 0 Å². The molecule has 1 N–H and O–H groups in total. The van der Waals surface area contributed by atoms with Gasteiger partial charge in [0, 0.05) is 6.42 Å². The first-order valence-electron chi connectivity index (χ1n) is 6.69. The van der Waals surface area contributed by atoms with Crippen LogP contribution in [0.2, 0.25) is 0 Å². The molecule has 0 saturated carbocycles. The molecule has 0 aliphatic rings. The van der Waals surface area contributed by atoms with Gasteiger partial charge in [0.25, 0.3) is 0 Å². The number of methoxy groups -OCH3 is 1. The minimum absolute atomic E-state index is 0.0353. The number of aryl methyl sites for hydroxylation is 1. The van der Waals surface area contributed by atoms with E-state index in [0.29, 0.717) is 17.9 Å². The van der Waals surface area contributed by atoms with Crippen molar-refractivity contribution in [3.05, 3.63) is 53.5 Å². The molecule has 116 valence electrons. The molecule has 0 radical (unpaired) electrons. The van der Waals surface area contributed by atoms with Crippen molar-refractivity contribution in [1.82, 2.24) is 0 Å². The van der Waals surface area contributed by atoms with E-state index in [1.54, 1.807) is 12.1 Å². The Hall–Kier alpha value is -2.76. The molecular weight excluding hydrogens is 288 g/mol. The van der Waals surface area contributed by atoms with E-state index in [2.05, 4.69) is 4.74 Å². The average Bonchev–Trinajstić information content (AvgIpc) is 2.99. The van der Waals surface area contributed by atoms with Crippen LogP contribution < -0.4 is 4.74 Å². The van der Waals surface area contributed by atoms with Gasteiger partial charge in [0.2, 0.25) is 5.76 Å². The summed E-state index contributed by atoms with van der Waals surface area (Å²) >= 11 is 0. The molecule has 1 heterocycles. The summed E-state index contributed by atoms with van der Waals surface area (Å²) in [5, 5.41) is 8.75. The van der Waals surface area contributed by atoms with E-state index < -0.39 is 11.9 Å². The van der Waals surface area contributed by atoms with Crippen molar-refractivity contribution < 1.29 is 28.6 Å². The van der Waals surface area contributed by atoms with Crippen LogP contribution in [-0.4, -0.2) is 24.2 Å². The molecule has 6 nitrogen and oxygen atoms in total. The van der Waals surface area contributed by atoms with Gasteiger partial charge in [-0.3, -0.25) is 4.79 Å². The lowest BCUT2D eigenvalue weighted by Gasteiger charge is -2.09. The zero-order valence-corrected chi connectivity index (χ0v) is 12.1. The van der Waals surface area contributed by atoms with Crippen molar-refractivity contribution in [3.63, 3.8) is 0 Å². The quantitative estimate of drug-likeness (QED) is 0.791. The Morgan fingerprint density at radius 1 is 1.18 bits per heavy atom. The SMILES string of the molecule is COC(=O)c1ccc(COc2ccccc2CCC(=O)O)o1. The molecule has 2 rings (SSSR count). The number of ether oxygens (including phenoxy) is 2. The molecule has 1 aromatic heterocycles. The topological polar surface area (TPSA) is 86.0 Å². The summed E-state index contributed by atoms with van der Waals surface area (Å²) in [5.41, 5.74) is 0.810. The van der Waals surface area contributed by atoms with Crippen LogP contribution in [0.5, 0.6) is 5.75 Å². The van der Waals surface area contributed by atoms with Crippen molar-refractivity contribution in [2.24, 2.45) is 0 Å². The van der Waals surface area contributed by atoms with Gasteiger partial charge in [-0.1, -0.05) is 18.2 Å². The second-order valence-electron chi connectivity index (χ2n) is 4.55. The highest BCUT2D eigenvalue weighted by Gasteiger charge is 2.12. The lowest BCUT2D eigenvalue weighted by atomic mass is 10.1. The molecule has 6 heteroatoms. The van der Waals surface area contributed by atoms with Crippen molar-refractivity contribution in [2.45, 2.75) is 19.4 Å². The third kappa shape index (κ3) is 4.12. The molecule has 0 aliphatic carbocycles. The van der Waals surface area contributed by atoms with Crippen molar-refractivity contribution >= 4 is 11.9 Å². The maximum absolute atomic E-state index is 11.3. The van der Waals surface area contributed by atoms with Crippen LogP contribution in [-0.2, 0) is 22.6 Å². The second-order valence-corrected chi connectivity index (χ2v) is 4.55. The fourth-order valence-electron chi connectivity index (χ4n) is 1.91. The van der Waals surface area contributed by atoms with Crippen LogP contribution in [0.3, 0.4) is 0 Å². The lowest BCUT2D eigenvalue weighted by Crippen LogP contribution is -2.02. The van der Waals surface area contributed by atoms with Crippen LogP contribution in [0.25, 0.3) is 0 Å². The number of carbonyl (C=O) groups excluding carboxylic acids is 1. The number of aliphatic carboxylic acids is 1. The molecule has 0 bridgehead atoms. The molecule has 0 amide bonds. The maximum atomic E-state index is 11.3. The predicted octanol–water partition coefficient (Wildman–Crippen LogP) is 2.66. The van der Waals surface area contributed by atoms with Crippen molar-refractivity contribution in [1.29, 1.82) is 0 Å². The van der Waals surface area contributed by atoms with Gasteiger partial charge in [-0.05, 0) is 30.2 Å². The first-order valence-corrected chi connectivity index (χ1v) is 6.69. The number of hydrogen-bond donors (Lipinski definition) is 1. The summed E-state index contributed by atoms with van der Waals surface area (Å²) in [4.78, 5) is 22.0. The molecule has 1 aromatic carbocycles. The summed E-state index contributed by atoms with van der Waals surface area (Å²) in [7, 11) is 1.28. The minimum atomic E-state index is -0.858. The fourth-order valence-corrected chi connectivity index (χ4v) is 1.91. The Balaban J connectivity index is 2.00. The number of carboxylic acids is 1. The Kier molecular flexibility index (Phi) is 5.19. The summed E-state index contributed by atoms with van der Waals surface area (Å²) in [6.45, 7) is 0.140. The number of carbonyl (C=O) groups is 2. The Labute approximate surface area is 127 Å². The van der Waals surface area contributed by atoms with E-state index in [0.717, 1.165) is 5.56 Å². The van der Waals surface area contributed by atoms with Crippen LogP contribution in [0.4, 0.5) is 0 Å². The zero-order valence-electron chi connectivity index (χ0n) is 12.1. The second kappa shape index (κ2) is 7.31. The third-order valence-corrected chi connectivity index (χ3v) is 3.00. The average molecular weight is 304 g/mol. The van der Waals surface area contributed by atoms with Crippen LogP contribution in [0, 0.1) is 0 Å². The molecule has 22 heavy (non-hydrogen) atoms. The largest absolute Gasteiger partial charge is 0.485 e. The van der Waals surface area contributed by atoms with Gasteiger partial charge in [-0.2, -0.15) is 0 Å². The highest BCUT2D eigenvalue weighted by Crippen LogP contribution is 2.21. The summed E-state index contributed by atoms with van der Waals surface area (Å²) in [6, 6.07) is 10.4. The van der Waals surface area contributed by atoms with Crippen LogP contribution in [0.15, 0.2) is 40.8 Å². The van der Waals surface area contributed by atoms with Gasteiger partial charge in [-0.25, -0.2) is 4.79 Å². The molecule has 0 aliphatic heterocycles. The number of para-hydroxylation sites is 1. The van der Waals surface area contributed by atoms with Gasteiger partial charge in [0.15, 0.2) is 0 Å². The van der Waals surface area contributed by atoms with E-state index >= 15 is 0 Å². The molecule has 0 saturated heterocycles. The summed E-state index contributed by atoms with van der Waals surface area (Å²) < 4.78 is 15.5.